The van der Waals surface area contributed by atoms with Crippen molar-refractivity contribution in [2.75, 3.05) is 5.73 Å². The summed E-state index contributed by atoms with van der Waals surface area (Å²) in [4.78, 5) is 11.0. The van der Waals surface area contributed by atoms with Crippen molar-refractivity contribution in [3.05, 3.63) is 42.0 Å². The molecule has 0 spiro atoms. The number of nitrogen functional groups attached to an aromatic ring is 1. The van der Waals surface area contributed by atoms with Gasteiger partial charge in [-0.3, -0.25) is 4.79 Å². The number of carbonyl (C=O) groups is 1. The van der Waals surface area contributed by atoms with Crippen LogP contribution in [0.15, 0.2) is 30.9 Å². The summed E-state index contributed by atoms with van der Waals surface area (Å²) in [7, 11) is 0. The largest absolute Gasteiger partial charge is 0.398 e. The maximum atomic E-state index is 11.0. The van der Waals surface area contributed by atoms with Crippen molar-refractivity contribution >= 4 is 11.6 Å². The number of primary amides is 1. The van der Waals surface area contributed by atoms with Crippen LogP contribution < -0.4 is 11.5 Å². The van der Waals surface area contributed by atoms with Gasteiger partial charge in [0.25, 0.3) is 0 Å². The summed E-state index contributed by atoms with van der Waals surface area (Å²) < 4.78 is 0. The zero-order valence-electron chi connectivity index (χ0n) is 7.29. The molecule has 0 bridgehead atoms. The highest BCUT2D eigenvalue weighted by Gasteiger charge is 2.08. The van der Waals surface area contributed by atoms with Gasteiger partial charge in [0.2, 0.25) is 5.91 Å². The van der Waals surface area contributed by atoms with E-state index in [0.29, 0.717) is 17.7 Å². The number of hydrogen-bond acceptors (Lipinski definition) is 2. The van der Waals surface area contributed by atoms with Crippen molar-refractivity contribution in [1.82, 2.24) is 0 Å². The number of rotatable bonds is 3. The minimum absolute atomic E-state index is 0.454. The van der Waals surface area contributed by atoms with Crippen LogP contribution in [0.25, 0.3) is 0 Å². The van der Waals surface area contributed by atoms with Crippen LogP contribution in [0.5, 0.6) is 0 Å². The third-order valence-electron chi connectivity index (χ3n) is 1.83. The van der Waals surface area contributed by atoms with Gasteiger partial charge >= 0.3 is 0 Å². The van der Waals surface area contributed by atoms with Crippen LogP contribution in [-0.2, 0) is 6.42 Å². The van der Waals surface area contributed by atoms with Crippen LogP contribution in [0.3, 0.4) is 0 Å². The molecule has 0 aliphatic rings. The second kappa shape index (κ2) is 3.76. The van der Waals surface area contributed by atoms with Crippen molar-refractivity contribution in [3.8, 4) is 0 Å². The third-order valence-corrected chi connectivity index (χ3v) is 1.83. The Morgan fingerprint density at radius 2 is 2.23 bits per heavy atom. The number of hydrogen-bond donors (Lipinski definition) is 2. The maximum absolute atomic E-state index is 11.0. The van der Waals surface area contributed by atoms with Gasteiger partial charge in [-0.25, -0.2) is 0 Å². The van der Waals surface area contributed by atoms with Crippen molar-refractivity contribution in [2.24, 2.45) is 5.73 Å². The van der Waals surface area contributed by atoms with Crippen LogP contribution >= 0.6 is 0 Å². The molecular formula is C10H12N2O. The Bertz CT molecular complexity index is 345. The fourth-order valence-corrected chi connectivity index (χ4v) is 1.21. The van der Waals surface area contributed by atoms with Gasteiger partial charge < -0.3 is 11.5 Å². The SMILES string of the molecule is C=CCc1c(N)cccc1C(N)=O. The molecule has 0 fully saturated rings. The number of amides is 1. The monoisotopic (exact) mass is 176 g/mol. The van der Waals surface area contributed by atoms with E-state index in [1.54, 1.807) is 24.3 Å². The molecule has 0 unspecified atom stereocenters. The third kappa shape index (κ3) is 1.87. The topological polar surface area (TPSA) is 69.1 Å². The Labute approximate surface area is 77.0 Å². The second-order valence-corrected chi connectivity index (χ2v) is 2.73. The van der Waals surface area contributed by atoms with Gasteiger partial charge in [0.15, 0.2) is 0 Å². The molecule has 0 radical (unpaired) electrons. The fourth-order valence-electron chi connectivity index (χ4n) is 1.21. The van der Waals surface area contributed by atoms with Crippen molar-refractivity contribution in [1.29, 1.82) is 0 Å². The smallest absolute Gasteiger partial charge is 0.249 e. The van der Waals surface area contributed by atoms with Crippen molar-refractivity contribution in [2.45, 2.75) is 6.42 Å². The summed E-state index contributed by atoms with van der Waals surface area (Å²) in [6.45, 7) is 3.59. The minimum atomic E-state index is -0.454. The molecule has 1 aromatic rings. The summed E-state index contributed by atoms with van der Waals surface area (Å²) in [5.74, 6) is -0.454. The zero-order valence-corrected chi connectivity index (χ0v) is 7.29. The Kier molecular flexibility index (Phi) is 2.69. The molecule has 0 aliphatic heterocycles. The maximum Gasteiger partial charge on any atom is 0.249 e. The molecule has 0 saturated carbocycles. The molecule has 0 atom stereocenters. The number of nitrogens with two attached hydrogens (primary N) is 2. The first-order valence-electron chi connectivity index (χ1n) is 3.95. The number of benzene rings is 1. The van der Waals surface area contributed by atoms with E-state index in [-0.39, 0.29) is 0 Å². The highest BCUT2D eigenvalue weighted by Crippen LogP contribution is 2.17. The molecule has 3 nitrogen and oxygen atoms in total. The Hall–Kier alpha value is -1.77. The van der Waals surface area contributed by atoms with Crippen LogP contribution in [0.1, 0.15) is 15.9 Å². The molecule has 4 N–H and O–H groups in total. The normalized spacial score (nSPS) is 9.54. The first-order valence-corrected chi connectivity index (χ1v) is 3.95. The van der Waals surface area contributed by atoms with Gasteiger partial charge in [-0.15, -0.1) is 6.58 Å². The predicted octanol–water partition coefficient (Wildman–Crippen LogP) is 1.10. The summed E-state index contributed by atoms with van der Waals surface area (Å²) in [5, 5.41) is 0. The van der Waals surface area contributed by atoms with E-state index in [0.717, 1.165) is 5.56 Å². The number of allylic oxidation sites excluding steroid dienone is 1. The highest BCUT2D eigenvalue weighted by atomic mass is 16.1. The van der Waals surface area contributed by atoms with Gasteiger partial charge in [-0.2, -0.15) is 0 Å². The van der Waals surface area contributed by atoms with Crippen LogP contribution in [-0.4, -0.2) is 5.91 Å². The lowest BCUT2D eigenvalue weighted by Gasteiger charge is -2.06. The first-order chi connectivity index (χ1) is 6.16. The molecule has 3 heteroatoms. The lowest BCUT2D eigenvalue weighted by Crippen LogP contribution is -2.14. The van der Waals surface area contributed by atoms with Crippen LogP contribution in [0, 0.1) is 0 Å². The minimum Gasteiger partial charge on any atom is -0.398 e. The molecule has 0 aromatic heterocycles. The number of carbonyl (C=O) groups excluding carboxylic acids is 1. The van der Waals surface area contributed by atoms with E-state index >= 15 is 0 Å². The fraction of sp³-hybridized carbons (Fsp3) is 0.100. The van der Waals surface area contributed by atoms with Gasteiger partial charge in [0.1, 0.15) is 0 Å². The lowest BCUT2D eigenvalue weighted by atomic mass is 10.0. The Morgan fingerprint density at radius 1 is 1.54 bits per heavy atom. The van der Waals surface area contributed by atoms with Gasteiger partial charge in [0.05, 0.1) is 0 Å². The van der Waals surface area contributed by atoms with E-state index in [1.165, 1.54) is 0 Å². The molecule has 0 saturated heterocycles. The highest BCUT2D eigenvalue weighted by molar-refractivity contribution is 5.95. The molecule has 0 heterocycles. The average molecular weight is 176 g/mol. The zero-order chi connectivity index (χ0) is 9.84. The molecule has 1 amide bonds. The van der Waals surface area contributed by atoms with Gasteiger partial charge in [-0.05, 0) is 24.1 Å². The van der Waals surface area contributed by atoms with E-state index in [1.807, 2.05) is 0 Å². The van der Waals surface area contributed by atoms with Crippen LogP contribution in [0.4, 0.5) is 5.69 Å². The van der Waals surface area contributed by atoms with E-state index in [4.69, 9.17) is 11.5 Å². The summed E-state index contributed by atoms with van der Waals surface area (Å²) in [6, 6.07) is 5.12. The number of anilines is 1. The Balaban J connectivity index is 3.24. The average Bonchev–Trinajstić information content (AvgIpc) is 2.08. The van der Waals surface area contributed by atoms with Gasteiger partial charge in [0, 0.05) is 11.3 Å². The summed E-state index contributed by atoms with van der Waals surface area (Å²) in [6.07, 6.45) is 2.25. The quantitative estimate of drug-likeness (QED) is 0.534. The summed E-state index contributed by atoms with van der Waals surface area (Å²) >= 11 is 0. The van der Waals surface area contributed by atoms with E-state index in [2.05, 4.69) is 6.58 Å². The standard InChI is InChI=1S/C10H12N2O/c1-2-4-7-8(10(12)13)5-3-6-9(7)11/h2-3,5-6H,1,4,11H2,(H2,12,13). The lowest BCUT2D eigenvalue weighted by molar-refractivity contribution is 0.0999. The van der Waals surface area contributed by atoms with Crippen molar-refractivity contribution in [3.63, 3.8) is 0 Å². The molecule has 0 aliphatic carbocycles. The first kappa shape index (κ1) is 9.32. The van der Waals surface area contributed by atoms with E-state index < -0.39 is 5.91 Å². The molecule has 13 heavy (non-hydrogen) atoms. The van der Waals surface area contributed by atoms with Crippen LogP contribution in [0.2, 0.25) is 0 Å². The Morgan fingerprint density at radius 3 is 2.77 bits per heavy atom. The second-order valence-electron chi connectivity index (χ2n) is 2.73. The van der Waals surface area contributed by atoms with Crippen molar-refractivity contribution < 1.29 is 4.79 Å². The predicted molar refractivity (Wildman–Crippen MR) is 53.3 cm³/mol. The van der Waals surface area contributed by atoms with E-state index in [9.17, 15) is 4.79 Å². The molecule has 1 rings (SSSR count). The summed E-state index contributed by atoms with van der Waals surface area (Å²) in [5.41, 5.74) is 12.7. The molecule has 68 valence electrons. The molecular weight excluding hydrogens is 164 g/mol. The van der Waals surface area contributed by atoms with Gasteiger partial charge in [-0.1, -0.05) is 12.1 Å². The molecule has 1 aromatic carbocycles.